The first-order valence-corrected chi connectivity index (χ1v) is 8.10. The van der Waals surface area contributed by atoms with E-state index >= 15 is 0 Å². The van der Waals surface area contributed by atoms with Crippen molar-refractivity contribution in [1.82, 2.24) is 0 Å². The minimum Gasteiger partial charge on any atom is -0.427 e. The van der Waals surface area contributed by atoms with Gasteiger partial charge in [0, 0.05) is 27.3 Å². The molecule has 0 atom stereocenters. The molecule has 0 fully saturated rings. The summed E-state index contributed by atoms with van der Waals surface area (Å²) in [7, 11) is 3.19. The normalized spacial score (nSPS) is 9.76. The van der Waals surface area contributed by atoms with Crippen LogP contribution >= 0.6 is 21.6 Å². The van der Waals surface area contributed by atoms with Crippen LogP contribution in [0, 0.1) is 0 Å². The fourth-order valence-electron chi connectivity index (χ4n) is 1.45. The lowest BCUT2D eigenvalue weighted by atomic mass is 10.3. The molecule has 0 saturated heterocycles. The van der Waals surface area contributed by atoms with Crippen LogP contribution in [0.5, 0.6) is 5.75 Å². The largest absolute Gasteiger partial charge is 0.427 e. The Hall–Kier alpha value is -2.08. The standard InChI is InChI=1S/C14H11N3O2S2/c1-10(18)19-12-4-8-14(9-5-12)21-20-13-6-2-11(3-7-13)16-17-15/h2-9H,1H3. The number of azide groups is 1. The molecule has 21 heavy (non-hydrogen) atoms. The van der Waals surface area contributed by atoms with Crippen LogP contribution in [0.1, 0.15) is 6.92 Å². The second-order valence-electron chi connectivity index (χ2n) is 3.92. The Balaban J connectivity index is 1.93. The molecule has 0 radical (unpaired) electrons. The van der Waals surface area contributed by atoms with E-state index in [0.29, 0.717) is 11.4 Å². The van der Waals surface area contributed by atoms with Crippen molar-refractivity contribution in [3.63, 3.8) is 0 Å². The van der Waals surface area contributed by atoms with Crippen molar-refractivity contribution in [3.05, 3.63) is 59.0 Å². The summed E-state index contributed by atoms with van der Waals surface area (Å²) in [6, 6.07) is 14.6. The number of hydrogen-bond donors (Lipinski definition) is 0. The quantitative estimate of drug-likeness (QED) is 0.186. The second-order valence-corrected chi connectivity index (χ2v) is 6.19. The predicted molar refractivity (Wildman–Crippen MR) is 84.7 cm³/mol. The molecular weight excluding hydrogens is 306 g/mol. The summed E-state index contributed by atoms with van der Waals surface area (Å²) in [5.41, 5.74) is 8.93. The van der Waals surface area contributed by atoms with E-state index in [9.17, 15) is 4.79 Å². The minimum atomic E-state index is -0.329. The molecule has 0 aliphatic rings. The molecule has 0 N–H and O–H groups in total. The van der Waals surface area contributed by atoms with Gasteiger partial charge in [-0.2, -0.15) is 0 Å². The molecule has 106 valence electrons. The molecule has 0 bridgehead atoms. The third-order valence-corrected chi connectivity index (χ3v) is 4.73. The van der Waals surface area contributed by atoms with Gasteiger partial charge in [-0.3, -0.25) is 4.79 Å². The van der Waals surface area contributed by atoms with Gasteiger partial charge in [0.1, 0.15) is 5.75 Å². The number of nitrogens with zero attached hydrogens (tertiary/aromatic N) is 3. The lowest BCUT2D eigenvalue weighted by Gasteiger charge is -2.04. The molecule has 2 rings (SSSR count). The summed E-state index contributed by atoms with van der Waals surface area (Å²) in [6.07, 6.45) is 0. The van der Waals surface area contributed by atoms with Gasteiger partial charge in [-0.25, -0.2) is 0 Å². The van der Waals surface area contributed by atoms with Crippen molar-refractivity contribution in [1.29, 1.82) is 0 Å². The molecule has 2 aromatic carbocycles. The van der Waals surface area contributed by atoms with E-state index in [4.69, 9.17) is 10.3 Å². The fourth-order valence-corrected chi connectivity index (χ4v) is 3.38. The highest BCUT2D eigenvalue weighted by Gasteiger charge is 2.01. The highest BCUT2D eigenvalue weighted by Crippen LogP contribution is 2.38. The number of rotatable bonds is 5. The first-order chi connectivity index (χ1) is 10.2. The second kappa shape index (κ2) is 7.64. The van der Waals surface area contributed by atoms with Gasteiger partial charge in [-0.1, -0.05) is 38.8 Å². The maximum absolute atomic E-state index is 10.8. The summed E-state index contributed by atoms with van der Waals surface area (Å²) in [6.45, 7) is 1.37. The van der Waals surface area contributed by atoms with Crippen molar-refractivity contribution in [2.45, 2.75) is 16.7 Å². The fraction of sp³-hybridized carbons (Fsp3) is 0.0714. The number of carbonyl (C=O) groups is 1. The first-order valence-electron chi connectivity index (χ1n) is 5.95. The van der Waals surface area contributed by atoms with Crippen LogP contribution in [0.25, 0.3) is 10.4 Å². The van der Waals surface area contributed by atoms with Crippen LogP contribution in [0.2, 0.25) is 0 Å². The Morgan fingerprint density at radius 2 is 1.57 bits per heavy atom. The van der Waals surface area contributed by atoms with E-state index in [1.54, 1.807) is 45.9 Å². The topological polar surface area (TPSA) is 75.1 Å². The zero-order valence-electron chi connectivity index (χ0n) is 11.1. The van der Waals surface area contributed by atoms with Crippen molar-refractivity contribution in [2.75, 3.05) is 0 Å². The van der Waals surface area contributed by atoms with E-state index in [1.165, 1.54) is 6.92 Å². The maximum atomic E-state index is 10.8. The van der Waals surface area contributed by atoms with E-state index in [-0.39, 0.29) is 5.97 Å². The number of hydrogen-bond acceptors (Lipinski definition) is 5. The lowest BCUT2D eigenvalue weighted by Crippen LogP contribution is -2.00. The molecule has 0 aliphatic heterocycles. The van der Waals surface area contributed by atoms with Gasteiger partial charge in [0.05, 0.1) is 0 Å². The molecule has 0 aromatic heterocycles. The summed E-state index contributed by atoms with van der Waals surface area (Å²) >= 11 is 0. The van der Waals surface area contributed by atoms with Crippen LogP contribution in [-0.4, -0.2) is 5.97 Å². The van der Waals surface area contributed by atoms with E-state index in [2.05, 4.69) is 10.0 Å². The molecule has 0 saturated carbocycles. The van der Waals surface area contributed by atoms with Gasteiger partial charge in [-0.05, 0) is 41.9 Å². The summed E-state index contributed by atoms with van der Waals surface area (Å²) < 4.78 is 4.97. The molecule has 0 heterocycles. The Kier molecular flexibility index (Phi) is 5.57. The lowest BCUT2D eigenvalue weighted by molar-refractivity contribution is -0.131. The molecule has 0 amide bonds. The third kappa shape index (κ3) is 5.07. The molecule has 7 heteroatoms. The molecule has 0 aliphatic carbocycles. The monoisotopic (exact) mass is 317 g/mol. The zero-order chi connectivity index (χ0) is 15.1. The van der Waals surface area contributed by atoms with Crippen molar-refractivity contribution < 1.29 is 9.53 Å². The van der Waals surface area contributed by atoms with Gasteiger partial charge in [0.15, 0.2) is 0 Å². The smallest absolute Gasteiger partial charge is 0.308 e. The third-order valence-electron chi connectivity index (χ3n) is 2.32. The SMILES string of the molecule is CC(=O)Oc1ccc(SSc2ccc(N=[N+]=[N-])cc2)cc1. The van der Waals surface area contributed by atoms with Crippen LogP contribution in [0.4, 0.5) is 5.69 Å². The van der Waals surface area contributed by atoms with Gasteiger partial charge in [-0.15, -0.1) is 0 Å². The number of benzene rings is 2. The Bertz CT molecular complexity index is 666. The average molecular weight is 317 g/mol. The number of esters is 1. The van der Waals surface area contributed by atoms with Gasteiger partial charge in [0.25, 0.3) is 0 Å². The molecule has 2 aromatic rings. The predicted octanol–water partition coefficient (Wildman–Crippen LogP) is 5.35. The zero-order valence-corrected chi connectivity index (χ0v) is 12.7. The van der Waals surface area contributed by atoms with E-state index < -0.39 is 0 Å². The summed E-state index contributed by atoms with van der Waals surface area (Å²) in [4.78, 5) is 15.7. The molecule has 0 unspecified atom stereocenters. The highest BCUT2D eigenvalue weighted by molar-refractivity contribution is 8.76. The van der Waals surface area contributed by atoms with Gasteiger partial charge >= 0.3 is 5.97 Å². The first kappa shape index (κ1) is 15.3. The number of carbonyl (C=O) groups excluding carboxylic acids is 1. The molecule has 5 nitrogen and oxygen atoms in total. The minimum absolute atomic E-state index is 0.329. The van der Waals surface area contributed by atoms with Gasteiger partial charge in [0.2, 0.25) is 0 Å². The Morgan fingerprint density at radius 1 is 1.05 bits per heavy atom. The van der Waals surface area contributed by atoms with E-state index in [0.717, 1.165) is 9.79 Å². The van der Waals surface area contributed by atoms with Crippen molar-refractivity contribution in [3.8, 4) is 5.75 Å². The molecular formula is C14H11N3O2S2. The van der Waals surface area contributed by atoms with Crippen LogP contribution in [-0.2, 0) is 4.79 Å². The molecule has 0 spiro atoms. The van der Waals surface area contributed by atoms with Crippen molar-refractivity contribution >= 4 is 33.2 Å². The summed E-state index contributed by atoms with van der Waals surface area (Å²) in [5, 5.41) is 3.52. The van der Waals surface area contributed by atoms with Gasteiger partial charge < -0.3 is 4.74 Å². The van der Waals surface area contributed by atoms with Crippen LogP contribution < -0.4 is 4.74 Å². The summed E-state index contributed by atoms with van der Waals surface area (Å²) in [5.74, 6) is 0.209. The number of ether oxygens (including phenoxy) is 1. The van der Waals surface area contributed by atoms with Crippen molar-refractivity contribution in [2.24, 2.45) is 5.11 Å². The van der Waals surface area contributed by atoms with Crippen LogP contribution in [0.15, 0.2) is 63.4 Å². The highest BCUT2D eigenvalue weighted by atomic mass is 33.1. The Labute approximate surface area is 129 Å². The Morgan fingerprint density at radius 3 is 2.05 bits per heavy atom. The maximum Gasteiger partial charge on any atom is 0.308 e. The average Bonchev–Trinajstić information content (AvgIpc) is 2.48. The van der Waals surface area contributed by atoms with E-state index in [1.807, 2.05) is 24.3 Å². The van der Waals surface area contributed by atoms with Crippen LogP contribution in [0.3, 0.4) is 0 Å².